The van der Waals surface area contributed by atoms with Crippen molar-refractivity contribution in [2.24, 2.45) is 11.8 Å². The Bertz CT molecular complexity index is 1220. The van der Waals surface area contributed by atoms with Crippen LogP contribution >= 0.6 is 0 Å². The van der Waals surface area contributed by atoms with E-state index in [1.165, 1.54) is 6.92 Å². The molecule has 0 saturated carbocycles. The minimum Gasteiger partial charge on any atom is -0.352 e. The van der Waals surface area contributed by atoms with E-state index in [1.807, 2.05) is 12.1 Å². The highest BCUT2D eigenvalue weighted by molar-refractivity contribution is 5.82. The number of carbonyl (C=O) groups excluding carboxylic acids is 3. The number of rotatable bonds is 5. The third-order valence-corrected chi connectivity index (χ3v) is 7.89. The molecule has 3 amide bonds. The van der Waals surface area contributed by atoms with E-state index >= 15 is 0 Å². The minimum absolute atomic E-state index is 0.0355. The number of piperidine rings is 2. The van der Waals surface area contributed by atoms with Gasteiger partial charge in [0.05, 0.1) is 11.1 Å². The Labute approximate surface area is 233 Å². The van der Waals surface area contributed by atoms with Crippen LogP contribution in [0, 0.1) is 11.8 Å². The molecule has 2 atom stereocenters. The Hall–Kier alpha value is -3.57. The molecule has 0 unspecified atom stereocenters. The lowest BCUT2D eigenvalue weighted by Gasteiger charge is -2.41. The number of halogens is 6. The summed E-state index contributed by atoms with van der Waals surface area (Å²) < 4.78 is 79.5. The Morgan fingerprint density at radius 3 is 1.93 bits per heavy atom. The van der Waals surface area contributed by atoms with Crippen LogP contribution in [0.1, 0.15) is 54.4 Å². The first-order valence-electron chi connectivity index (χ1n) is 13.4. The normalized spacial score (nSPS) is 20.6. The minimum atomic E-state index is -4.99. The molecule has 0 bridgehead atoms. The third-order valence-electron chi connectivity index (χ3n) is 7.89. The van der Waals surface area contributed by atoms with Crippen molar-refractivity contribution >= 4 is 17.7 Å². The fraction of sp³-hybridized carbons (Fsp3) is 0.483. The number of likely N-dealkylation sites (tertiary alicyclic amines) is 2. The number of alkyl halides is 6. The van der Waals surface area contributed by atoms with Crippen molar-refractivity contribution in [2.75, 3.05) is 26.2 Å². The van der Waals surface area contributed by atoms with Crippen molar-refractivity contribution in [1.82, 2.24) is 15.1 Å². The molecule has 2 saturated heterocycles. The second kappa shape index (κ2) is 12.1. The zero-order chi connectivity index (χ0) is 29.9. The molecular weight excluding hydrogens is 552 g/mol. The highest BCUT2D eigenvalue weighted by atomic mass is 19.4. The van der Waals surface area contributed by atoms with E-state index in [4.69, 9.17) is 0 Å². The molecule has 2 aromatic carbocycles. The van der Waals surface area contributed by atoms with E-state index in [2.05, 4.69) is 5.32 Å². The highest BCUT2D eigenvalue weighted by Crippen LogP contribution is 2.37. The predicted octanol–water partition coefficient (Wildman–Crippen LogP) is 5.23. The molecule has 0 aliphatic carbocycles. The van der Waals surface area contributed by atoms with E-state index in [9.17, 15) is 40.7 Å². The molecule has 0 radical (unpaired) electrons. The Balaban J connectivity index is 1.48. The lowest BCUT2D eigenvalue weighted by atomic mass is 9.79. The van der Waals surface area contributed by atoms with Crippen LogP contribution in [0.3, 0.4) is 0 Å². The van der Waals surface area contributed by atoms with Gasteiger partial charge in [-0.25, -0.2) is 0 Å². The molecule has 6 nitrogen and oxygen atoms in total. The largest absolute Gasteiger partial charge is 0.416 e. The fourth-order valence-corrected chi connectivity index (χ4v) is 5.65. The average molecular weight is 584 g/mol. The summed E-state index contributed by atoms with van der Waals surface area (Å²) in [5, 5.41) is 2.53. The number of amides is 3. The first-order chi connectivity index (χ1) is 19.2. The number of hydrogen-bond acceptors (Lipinski definition) is 3. The standard InChI is InChI=1S/C29H31F6N3O3/c1-18(39)37-10-7-21(8-11-37)27(41)38-12-9-24(25(17-38)20-5-3-2-4-6-20)26(40)36-16-19-13-22(28(30,31)32)15-23(14-19)29(33,34)35/h2-6,13-15,21,24-25H,7-12,16-17H2,1H3,(H,36,40)/t24-,25+/m1/s1. The average Bonchev–Trinajstić information content (AvgIpc) is 2.94. The number of nitrogens with one attached hydrogen (secondary N) is 1. The van der Waals surface area contributed by atoms with Crippen LogP contribution in [0.25, 0.3) is 0 Å². The Morgan fingerprint density at radius 1 is 0.829 bits per heavy atom. The molecule has 222 valence electrons. The van der Waals surface area contributed by atoms with E-state index < -0.39 is 47.8 Å². The first-order valence-corrected chi connectivity index (χ1v) is 13.4. The summed E-state index contributed by atoms with van der Waals surface area (Å²) in [7, 11) is 0. The number of benzene rings is 2. The third kappa shape index (κ3) is 7.39. The van der Waals surface area contributed by atoms with Crippen LogP contribution in [0.4, 0.5) is 26.3 Å². The fourth-order valence-electron chi connectivity index (χ4n) is 5.65. The van der Waals surface area contributed by atoms with Gasteiger partial charge in [-0.05, 0) is 48.6 Å². The van der Waals surface area contributed by atoms with Crippen LogP contribution < -0.4 is 5.32 Å². The van der Waals surface area contributed by atoms with Gasteiger partial charge in [-0.2, -0.15) is 26.3 Å². The molecule has 2 heterocycles. The van der Waals surface area contributed by atoms with Crippen molar-refractivity contribution in [3.8, 4) is 0 Å². The highest BCUT2D eigenvalue weighted by Gasteiger charge is 2.40. The second-order valence-corrected chi connectivity index (χ2v) is 10.6. The molecule has 12 heteroatoms. The van der Waals surface area contributed by atoms with Gasteiger partial charge in [0.2, 0.25) is 17.7 Å². The van der Waals surface area contributed by atoms with Gasteiger partial charge in [0.1, 0.15) is 0 Å². The van der Waals surface area contributed by atoms with Crippen LogP contribution in [0.2, 0.25) is 0 Å². The summed E-state index contributed by atoms with van der Waals surface area (Å²) in [5.41, 5.74) is -2.41. The maximum atomic E-state index is 13.4. The number of nitrogens with zero attached hydrogens (tertiary/aromatic N) is 2. The molecule has 2 aliphatic heterocycles. The SMILES string of the molecule is CC(=O)N1CCC(C(=O)N2CC[C@@H](C(=O)NCc3cc(C(F)(F)F)cc(C(F)(F)F)c3)[C@H](c3ccccc3)C2)CC1. The quantitative estimate of drug-likeness (QED) is 0.491. The summed E-state index contributed by atoms with van der Waals surface area (Å²) in [5.74, 6) is -1.89. The molecular formula is C29H31F6N3O3. The zero-order valence-corrected chi connectivity index (χ0v) is 22.4. The maximum absolute atomic E-state index is 13.4. The van der Waals surface area contributed by atoms with Crippen LogP contribution in [-0.4, -0.2) is 53.7 Å². The van der Waals surface area contributed by atoms with Gasteiger partial charge < -0.3 is 15.1 Å². The predicted molar refractivity (Wildman–Crippen MR) is 137 cm³/mol. The van der Waals surface area contributed by atoms with Crippen molar-refractivity contribution in [1.29, 1.82) is 0 Å². The number of hydrogen-bond donors (Lipinski definition) is 1. The number of carbonyl (C=O) groups is 3. The van der Waals surface area contributed by atoms with Gasteiger partial charge in [0.25, 0.3) is 0 Å². The van der Waals surface area contributed by atoms with Crippen LogP contribution in [-0.2, 0) is 33.3 Å². The van der Waals surface area contributed by atoms with Crippen molar-refractivity contribution in [3.05, 3.63) is 70.8 Å². The summed E-state index contributed by atoms with van der Waals surface area (Å²) in [6, 6.07) is 10.3. The molecule has 2 aromatic rings. The summed E-state index contributed by atoms with van der Waals surface area (Å²) in [4.78, 5) is 41.7. The maximum Gasteiger partial charge on any atom is 0.416 e. The first kappa shape index (κ1) is 30.4. The Kier molecular flexibility index (Phi) is 8.98. The topological polar surface area (TPSA) is 69.7 Å². The van der Waals surface area contributed by atoms with Crippen LogP contribution in [0.5, 0.6) is 0 Å². The van der Waals surface area contributed by atoms with Gasteiger partial charge in [-0.3, -0.25) is 14.4 Å². The van der Waals surface area contributed by atoms with Gasteiger partial charge in [0.15, 0.2) is 0 Å². The van der Waals surface area contributed by atoms with E-state index in [-0.39, 0.29) is 48.9 Å². The molecule has 4 rings (SSSR count). The van der Waals surface area contributed by atoms with Crippen molar-refractivity contribution < 1.29 is 40.7 Å². The van der Waals surface area contributed by atoms with Gasteiger partial charge in [-0.15, -0.1) is 0 Å². The van der Waals surface area contributed by atoms with Gasteiger partial charge in [-0.1, -0.05) is 30.3 Å². The van der Waals surface area contributed by atoms with E-state index in [0.717, 1.165) is 5.56 Å². The summed E-state index contributed by atoms with van der Waals surface area (Å²) in [6.07, 6.45) is -8.60. The molecule has 2 aliphatic rings. The molecule has 2 fully saturated rings. The Morgan fingerprint density at radius 2 is 1.39 bits per heavy atom. The van der Waals surface area contributed by atoms with Crippen molar-refractivity contribution in [2.45, 2.75) is 51.0 Å². The smallest absolute Gasteiger partial charge is 0.352 e. The molecule has 41 heavy (non-hydrogen) atoms. The second-order valence-electron chi connectivity index (χ2n) is 10.6. The zero-order valence-electron chi connectivity index (χ0n) is 22.4. The van der Waals surface area contributed by atoms with Gasteiger partial charge >= 0.3 is 12.4 Å². The lowest BCUT2D eigenvalue weighted by molar-refractivity contribution is -0.143. The summed E-state index contributed by atoms with van der Waals surface area (Å²) >= 11 is 0. The van der Waals surface area contributed by atoms with E-state index in [0.29, 0.717) is 38.1 Å². The van der Waals surface area contributed by atoms with Gasteiger partial charge in [0, 0.05) is 57.4 Å². The van der Waals surface area contributed by atoms with Crippen molar-refractivity contribution in [3.63, 3.8) is 0 Å². The van der Waals surface area contributed by atoms with Crippen LogP contribution in [0.15, 0.2) is 48.5 Å². The molecule has 0 aromatic heterocycles. The van der Waals surface area contributed by atoms with E-state index in [1.54, 1.807) is 28.0 Å². The summed E-state index contributed by atoms with van der Waals surface area (Å²) in [6.45, 7) is 2.51. The molecule has 0 spiro atoms. The monoisotopic (exact) mass is 583 g/mol. The lowest BCUT2D eigenvalue weighted by Crippen LogP contribution is -2.50. The molecule has 1 N–H and O–H groups in total.